The highest BCUT2D eigenvalue weighted by Crippen LogP contribution is 2.18. The molecule has 21 heavy (non-hydrogen) atoms. The van der Waals surface area contributed by atoms with E-state index in [1.165, 1.54) is 13.3 Å². The number of H-pyrrole nitrogens is 1. The third-order valence-corrected chi connectivity index (χ3v) is 3.41. The number of fused-ring (bicyclic) bond motifs is 1. The number of carbonyl (C=O) groups excluding carboxylic acids is 1. The van der Waals surface area contributed by atoms with Gasteiger partial charge < -0.3 is 10.1 Å². The Labute approximate surface area is 121 Å². The Morgan fingerprint density at radius 1 is 1.52 bits per heavy atom. The van der Waals surface area contributed by atoms with Gasteiger partial charge >= 0.3 is 12.0 Å². The molecule has 0 saturated carbocycles. The molecule has 2 aromatic heterocycles. The van der Waals surface area contributed by atoms with Crippen LogP contribution < -0.4 is 15.4 Å². The molecule has 1 atom stereocenters. The molecule has 3 rings (SSSR count). The molecule has 0 aliphatic heterocycles. The maximum atomic E-state index is 12.0. The number of amides is 2. The van der Waals surface area contributed by atoms with Crippen LogP contribution in [0.5, 0.6) is 6.01 Å². The quantitative estimate of drug-likeness (QED) is 0.778. The number of aromatic nitrogens is 4. The van der Waals surface area contributed by atoms with Gasteiger partial charge in [0.25, 0.3) is 0 Å². The van der Waals surface area contributed by atoms with Crippen LogP contribution in [0.4, 0.5) is 10.6 Å². The van der Waals surface area contributed by atoms with Crippen LogP contribution >= 0.6 is 0 Å². The van der Waals surface area contributed by atoms with Crippen molar-refractivity contribution in [3.8, 4) is 6.01 Å². The maximum absolute atomic E-state index is 12.0. The summed E-state index contributed by atoms with van der Waals surface area (Å²) >= 11 is 0. The fourth-order valence-corrected chi connectivity index (χ4v) is 2.39. The Hall–Kier alpha value is -2.64. The van der Waals surface area contributed by atoms with Crippen molar-refractivity contribution >= 4 is 11.8 Å². The summed E-state index contributed by atoms with van der Waals surface area (Å²) in [6.07, 6.45) is 5.90. The van der Waals surface area contributed by atoms with Gasteiger partial charge in [-0.1, -0.05) is 0 Å². The number of hydrogen-bond acceptors (Lipinski definition) is 5. The maximum Gasteiger partial charge on any atom is 0.320 e. The zero-order chi connectivity index (χ0) is 14.7. The fourth-order valence-electron chi connectivity index (χ4n) is 2.39. The fraction of sp³-hybridized carbons (Fsp3) is 0.385. The van der Waals surface area contributed by atoms with Gasteiger partial charge in [0.1, 0.15) is 5.82 Å². The molecule has 0 saturated heterocycles. The van der Waals surface area contributed by atoms with Gasteiger partial charge in [-0.2, -0.15) is 10.1 Å². The van der Waals surface area contributed by atoms with E-state index in [1.54, 1.807) is 6.07 Å². The van der Waals surface area contributed by atoms with Crippen molar-refractivity contribution in [2.75, 3.05) is 12.4 Å². The average molecular weight is 288 g/mol. The van der Waals surface area contributed by atoms with Crippen LogP contribution in [0, 0.1) is 0 Å². The summed E-state index contributed by atoms with van der Waals surface area (Å²) in [4.78, 5) is 19.9. The van der Waals surface area contributed by atoms with Crippen LogP contribution in [-0.2, 0) is 12.8 Å². The zero-order valence-electron chi connectivity index (χ0n) is 11.6. The Morgan fingerprint density at radius 2 is 2.43 bits per heavy atom. The van der Waals surface area contributed by atoms with Crippen LogP contribution in [0.1, 0.15) is 17.7 Å². The summed E-state index contributed by atoms with van der Waals surface area (Å²) in [5.41, 5.74) is 2.32. The molecule has 110 valence electrons. The number of aryl methyl sites for hydroxylation is 1. The van der Waals surface area contributed by atoms with Gasteiger partial charge in [-0.15, -0.1) is 0 Å². The number of nitrogens with zero attached hydrogens (tertiary/aromatic N) is 3. The van der Waals surface area contributed by atoms with E-state index in [4.69, 9.17) is 4.74 Å². The SMILES string of the molecule is COc1nccc(NC(=O)N[C@H]2CCc3[nH]ncc3C2)n1. The molecule has 2 heterocycles. The van der Waals surface area contributed by atoms with Crippen molar-refractivity contribution in [1.29, 1.82) is 0 Å². The van der Waals surface area contributed by atoms with Gasteiger partial charge in [-0.3, -0.25) is 10.4 Å². The van der Waals surface area contributed by atoms with E-state index in [1.807, 2.05) is 6.20 Å². The Balaban J connectivity index is 1.57. The number of nitrogens with one attached hydrogen (secondary N) is 3. The first kappa shape index (κ1) is 13.3. The van der Waals surface area contributed by atoms with Gasteiger partial charge in [-0.25, -0.2) is 9.78 Å². The van der Waals surface area contributed by atoms with Gasteiger partial charge in [0.15, 0.2) is 0 Å². The molecule has 0 unspecified atom stereocenters. The molecule has 8 heteroatoms. The molecule has 8 nitrogen and oxygen atoms in total. The van der Waals surface area contributed by atoms with E-state index in [0.29, 0.717) is 5.82 Å². The summed E-state index contributed by atoms with van der Waals surface area (Å²) in [6.45, 7) is 0. The lowest BCUT2D eigenvalue weighted by atomic mass is 9.94. The molecular formula is C13H16N6O2. The predicted octanol–water partition coefficient (Wildman–Crippen LogP) is 0.887. The molecule has 0 radical (unpaired) electrons. The number of ether oxygens (including phenoxy) is 1. The minimum absolute atomic E-state index is 0.0961. The molecule has 3 N–H and O–H groups in total. The average Bonchev–Trinajstić information content (AvgIpc) is 2.95. The third kappa shape index (κ3) is 3.10. The number of anilines is 1. The minimum atomic E-state index is -0.285. The van der Waals surface area contributed by atoms with Gasteiger partial charge in [0.05, 0.1) is 13.3 Å². The molecule has 0 fully saturated rings. The molecule has 0 spiro atoms. The summed E-state index contributed by atoms with van der Waals surface area (Å²) in [5.74, 6) is 0.402. The smallest absolute Gasteiger partial charge is 0.320 e. The van der Waals surface area contributed by atoms with Gasteiger partial charge in [0.2, 0.25) is 0 Å². The van der Waals surface area contributed by atoms with Crippen molar-refractivity contribution in [1.82, 2.24) is 25.5 Å². The molecule has 0 bridgehead atoms. The second-order valence-electron chi connectivity index (χ2n) is 4.84. The summed E-state index contributed by atoms with van der Waals surface area (Å²) in [6, 6.07) is 1.64. The topological polar surface area (TPSA) is 105 Å². The highest BCUT2D eigenvalue weighted by atomic mass is 16.5. The molecular weight excluding hydrogens is 272 g/mol. The first-order valence-electron chi connectivity index (χ1n) is 6.70. The van der Waals surface area contributed by atoms with E-state index < -0.39 is 0 Å². The number of carbonyl (C=O) groups is 1. The summed E-state index contributed by atoms with van der Waals surface area (Å²) in [5, 5.41) is 12.6. The number of methoxy groups -OCH3 is 1. The number of aromatic amines is 1. The first-order valence-corrected chi connectivity index (χ1v) is 6.70. The standard InChI is InChI=1S/C13H16N6O2/c1-21-13-14-5-4-11(18-13)17-12(20)16-9-2-3-10-8(6-9)7-15-19-10/h4-5,7,9H,2-3,6H2,1H3,(H,15,19)(H2,14,16,17,18,20)/t9-/m0/s1. The first-order chi connectivity index (χ1) is 10.2. The van der Waals surface area contributed by atoms with E-state index in [-0.39, 0.29) is 18.1 Å². The summed E-state index contributed by atoms with van der Waals surface area (Å²) < 4.78 is 4.91. The zero-order valence-corrected chi connectivity index (χ0v) is 11.6. The van der Waals surface area contributed by atoms with E-state index in [9.17, 15) is 4.79 Å². The van der Waals surface area contributed by atoms with Crippen LogP contribution in [-0.4, -0.2) is 39.3 Å². The van der Waals surface area contributed by atoms with Crippen LogP contribution in [0.15, 0.2) is 18.5 Å². The minimum Gasteiger partial charge on any atom is -0.467 e. The van der Waals surface area contributed by atoms with Gasteiger partial charge in [-0.05, 0) is 30.9 Å². The highest BCUT2D eigenvalue weighted by molar-refractivity contribution is 5.88. The lowest BCUT2D eigenvalue weighted by molar-refractivity contribution is 0.247. The van der Waals surface area contributed by atoms with Crippen molar-refractivity contribution < 1.29 is 9.53 Å². The van der Waals surface area contributed by atoms with E-state index in [0.717, 1.165) is 30.5 Å². The van der Waals surface area contributed by atoms with E-state index >= 15 is 0 Å². The number of rotatable bonds is 3. The lowest BCUT2D eigenvalue weighted by Gasteiger charge is -2.22. The Bertz CT molecular complexity index is 641. The second kappa shape index (κ2) is 5.78. The van der Waals surface area contributed by atoms with Gasteiger partial charge in [0, 0.05) is 17.9 Å². The predicted molar refractivity (Wildman–Crippen MR) is 75.1 cm³/mol. The van der Waals surface area contributed by atoms with Crippen molar-refractivity contribution in [3.05, 3.63) is 29.7 Å². The Kier molecular flexibility index (Phi) is 3.67. The normalized spacial score (nSPS) is 16.9. The number of hydrogen-bond donors (Lipinski definition) is 3. The van der Waals surface area contributed by atoms with Crippen molar-refractivity contribution in [2.45, 2.75) is 25.3 Å². The molecule has 2 aromatic rings. The monoisotopic (exact) mass is 288 g/mol. The molecule has 2 amide bonds. The van der Waals surface area contributed by atoms with Crippen LogP contribution in [0.3, 0.4) is 0 Å². The Morgan fingerprint density at radius 3 is 3.29 bits per heavy atom. The number of urea groups is 1. The molecule has 0 aromatic carbocycles. The largest absolute Gasteiger partial charge is 0.467 e. The van der Waals surface area contributed by atoms with Crippen molar-refractivity contribution in [2.24, 2.45) is 0 Å². The lowest BCUT2D eigenvalue weighted by Crippen LogP contribution is -2.41. The van der Waals surface area contributed by atoms with Crippen LogP contribution in [0.2, 0.25) is 0 Å². The van der Waals surface area contributed by atoms with E-state index in [2.05, 4.69) is 30.8 Å². The van der Waals surface area contributed by atoms with Crippen molar-refractivity contribution in [3.63, 3.8) is 0 Å². The summed E-state index contributed by atoms with van der Waals surface area (Å²) in [7, 11) is 1.48. The highest BCUT2D eigenvalue weighted by Gasteiger charge is 2.21. The molecule has 1 aliphatic carbocycles. The second-order valence-corrected chi connectivity index (χ2v) is 4.84. The third-order valence-electron chi connectivity index (χ3n) is 3.41. The van der Waals surface area contributed by atoms with Crippen LogP contribution in [0.25, 0.3) is 0 Å². The molecule has 1 aliphatic rings.